The summed E-state index contributed by atoms with van der Waals surface area (Å²) in [6.07, 6.45) is 3.50. The van der Waals surface area contributed by atoms with Gasteiger partial charge < -0.3 is 15.2 Å². The van der Waals surface area contributed by atoms with Gasteiger partial charge >= 0.3 is 17.1 Å². The number of aromatic nitrogens is 3. The van der Waals surface area contributed by atoms with E-state index in [4.69, 9.17) is 4.74 Å². The van der Waals surface area contributed by atoms with Gasteiger partial charge in [-0.25, -0.2) is 9.89 Å². The van der Waals surface area contributed by atoms with Gasteiger partial charge in [0.15, 0.2) is 0 Å². The minimum atomic E-state index is -0.560. The smallest absolute Gasteiger partial charge is 0.378 e. The number of fused-ring (bicyclic) bond motifs is 1. The van der Waals surface area contributed by atoms with E-state index >= 15 is 0 Å². The number of carbonyl (C=O) groups is 1. The number of carbonyl (C=O) groups excluding carboxylic acids is 1. The Labute approximate surface area is 158 Å². The molecule has 0 atom stereocenters. The molecule has 0 spiro atoms. The summed E-state index contributed by atoms with van der Waals surface area (Å²) < 4.78 is 9.00. The molecule has 1 saturated heterocycles. The first-order valence-electron chi connectivity index (χ1n) is 8.83. The Hall–Kier alpha value is -1.87. The molecule has 9 heteroatoms. The summed E-state index contributed by atoms with van der Waals surface area (Å²) in [6.45, 7) is 3.95. The van der Waals surface area contributed by atoms with Gasteiger partial charge in [0.2, 0.25) is 5.56 Å². The average molecular weight is 426 g/mol. The van der Waals surface area contributed by atoms with Crippen LogP contribution in [0.5, 0.6) is 5.88 Å². The summed E-state index contributed by atoms with van der Waals surface area (Å²) in [6, 6.07) is 1.82. The van der Waals surface area contributed by atoms with Crippen molar-refractivity contribution < 1.29 is 19.2 Å². The van der Waals surface area contributed by atoms with Crippen LogP contribution in [0.4, 0.5) is 0 Å². The molecule has 1 aliphatic heterocycles. The molecule has 4 rings (SSSR count). The summed E-state index contributed by atoms with van der Waals surface area (Å²) in [7, 11) is 0. The second-order valence-electron chi connectivity index (χ2n) is 7.56. The first-order valence-corrected chi connectivity index (χ1v) is 9.62. The van der Waals surface area contributed by atoms with E-state index in [-0.39, 0.29) is 22.9 Å². The molecule has 0 radical (unpaired) electrons. The molecule has 1 amide bonds. The molecule has 2 fully saturated rings. The van der Waals surface area contributed by atoms with Crippen LogP contribution in [0.1, 0.15) is 43.0 Å². The Bertz CT molecular complexity index is 925. The molecule has 1 aliphatic carbocycles. The lowest BCUT2D eigenvalue weighted by Gasteiger charge is -2.32. The number of amides is 1. The maximum absolute atomic E-state index is 12.8. The maximum Gasteiger partial charge on any atom is 0.378 e. The number of hydrogen-bond acceptors (Lipinski definition) is 4. The van der Waals surface area contributed by atoms with Gasteiger partial charge in [0.1, 0.15) is 4.60 Å². The van der Waals surface area contributed by atoms with E-state index in [0.29, 0.717) is 30.0 Å². The molecule has 2 aromatic heterocycles. The van der Waals surface area contributed by atoms with Crippen molar-refractivity contribution in [2.45, 2.75) is 45.2 Å². The number of aromatic hydroxyl groups is 1. The van der Waals surface area contributed by atoms with Crippen LogP contribution in [0, 0.1) is 5.41 Å². The highest BCUT2D eigenvalue weighted by atomic mass is 79.9. The third-order valence-corrected chi connectivity index (χ3v) is 5.66. The van der Waals surface area contributed by atoms with E-state index in [2.05, 4.69) is 33.3 Å². The van der Waals surface area contributed by atoms with Crippen LogP contribution in [0.25, 0.3) is 5.65 Å². The Morgan fingerprint density at radius 2 is 2.19 bits per heavy atom. The van der Waals surface area contributed by atoms with Gasteiger partial charge in [-0.2, -0.15) is 4.57 Å². The zero-order valence-electron chi connectivity index (χ0n) is 14.5. The number of nitrogens with zero attached hydrogens (tertiary/aromatic N) is 2. The lowest BCUT2D eigenvalue weighted by molar-refractivity contribution is -0.694. The van der Waals surface area contributed by atoms with Gasteiger partial charge in [-0.1, -0.05) is 11.4 Å². The Kier molecular flexibility index (Phi) is 4.31. The maximum atomic E-state index is 12.8. The lowest BCUT2D eigenvalue weighted by atomic mass is 9.82. The zero-order valence-corrected chi connectivity index (χ0v) is 16.1. The molecule has 0 unspecified atom stereocenters. The van der Waals surface area contributed by atoms with Crippen molar-refractivity contribution in [2.75, 3.05) is 13.2 Å². The summed E-state index contributed by atoms with van der Waals surface area (Å²) in [5.74, 6) is -0.812. The van der Waals surface area contributed by atoms with Crippen molar-refractivity contribution in [1.29, 1.82) is 0 Å². The molecule has 26 heavy (non-hydrogen) atoms. The third-order valence-electron chi connectivity index (χ3n) is 5.26. The Morgan fingerprint density at radius 3 is 2.85 bits per heavy atom. The third kappa shape index (κ3) is 3.14. The van der Waals surface area contributed by atoms with Crippen molar-refractivity contribution in [1.82, 2.24) is 14.9 Å². The lowest BCUT2D eigenvalue weighted by Crippen LogP contribution is -2.49. The SMILES string of the molecule is CC1(C[n+]2c(O)c(C(=O)NC3CC3)c(=O)n3[nH]c(Br)cc32)CCOCC1. The molecule has 0 aromatic carbocycles. The van der Waals surface area contributed by atoms with Crippen molar-refractivity contribution in [2.24, 2.45) is 5.41 Å². The fraction of sp³-hybridized carbons (Fsp3) is 0.588. The second-order valence-corrected chi connectivity index (χ2v) is 8.41. The van der Waals surface area contributed by atoms with Gasteiger partial charge in [-0.3, -0.25) is 4.79 Å². The van der Waals surface area contributed by atoms with E-state index < -0.39 is 11.5 Å². The number of ether oxygens (including phenoxy) is 1. The quantitative estimate of drug-likeness (QED) is 0.638. The van der Waals surface area contributed by atoms with Crippen LogP contribution in [0.2, 0.25) is 0 Å². The Morgan fingerprint density at radius 1 is 1.50 bits per heavy atom. The van der Waals surface area contributed by atoms with E-state index in [1.54, 1.807) is 10.6 Å². The monoisotopic (exact) mass is 425 g/mol. The van der Waals surface area contributed by atoms with Crippen LogP contribution >= 0.6 is 15.9 Å². The molecule has 3 N–H and O–H groups in total. The van der Waals surface area contributed by atoms with Crippen LogP contribution in [0.3, 0.4) is 0 Å². The minimum Gasteiger partial charge on any atom is -0.477 e. The molecule has 1 saturated carbocycles. The van der Waals surface area contributed by atoms with Crippen molar-refractivity contribution in [3.8, 4) is 5.88 Å². The van der Waals surface area contributed by atoms with E-state index in [9.17, 15) is 14.7 Å². The molecular weight excluding hydrogens is 404 g/mol. The molecule has 2 aromatic rings. The average Bonchev–Trinajstić information content (AvgIpc) is 3.31. The van der Waals surface area contributed by atoms with Gasteiger partial charge in [0, 0.05) is 24.7 Å². The standard InChI is InChI=1S/C17H21BrN4O4/c1-17(4-6-26-7-5-17)9-21-12-8-11(18)20-22(12)16(25)13(15(21)24)14(23)19-10-2-3-10/h8,10H,2-7,9H2,1H3,(H2,19,23,24,25)/p+1. The van der Waals surface area contributed by atoms with Gasteiger partial charge in [-0.15, -0.1) is 0 Å². The Balaban J connectivity index is 1.84. The van der Waals surface area contributed by atoms with Gasteiger partial charge in [-0.05, 0) is 41.6 Å². The number of aromatic amines is 1. The molecular formula is C17H22BrN4O4+. The van der Waals surface area contributed by atoms with Gasteiger partial charge in [0.25, 0.3) is 5.91 Å². The van der Waals surface area contributed by atoms with Crippen LogP contribution in [-0.2, 0) is 11.3 Å². The highest BCUT2D eigenvalue weighted by molar-refractivity contribution is 9.10. The van der Waals surface area contributed by atoms with Crippen molar-refractivity contribution in [3.05, 3.63) is 26.6 Å². The molecule has 3 heterocycles. The van der Waals surface area contributed by atoms with Crippen molar-refractivity contribution >= 4 is 27.5 Å². The summed E-state index contributed by atoms with van der Waals surface area (Å²) >= 11 is 3.34. The predicted molar refractivity (Wildman–Crippen MR) is 96.2 cm³/mol. The molecule has 0 bridgehead atoms. The number of H-pyrrole nitrogens is 1. The summed E-state index contributed by atoms with van der Waals surface area (Å²) in [4.78, 5) is 25.4. The number of hydrogen-bond donors (Lipinski definition) is 3. The predicted octanol–water partition coefficient (Wildman–Crippen LogP) is 1.09. The van der Waals surface area contributed by atoms with E-state index in [1.165, 1.54) is 4.52 Å². The zero-order chi connectivity index (χ0) is 18.5. The second kappa shape index (κ2) is 6.38. The van der Waals surface area contributed by atoms with E-state index in [1.807, 2.05) is 0 Å². The normalized spacial score (nSPS) is 19.6. The first kappa shape index (κ1) is 17.5. The highest BCUT2D eigenvalue weighted by Gasteiger charge is 2.37. The highest BCUT2D eigenvalue weighted by Crippen LogP contribution is 2.31. The number of nitrogens with one attached hydrogen (secondary N) is 2. The largest absolute Gasteiger partial charge is 0.477 e. The van der Waals surface area contributed by atoms with Crippen LogP contribution in [0.15, 0.2) is 15.5 Å². The fourth-order valence-electron chi connectivity index (χ4n) is 3.42. The van der Waals surface area contributed by atoms with Crippen molar-refractivity contribution in [3.63, 3.8) is 0 Å². The first-order chi connectivity index (χ1) is 12.4. The molecule has 140 valence electrons. The van der Waals surface area contributed by atoms with Crippen LogP contribution < -0.4 is 15.4 Å². The topological polar surface area (TPSA) is 99.7 Å². The molecule has 2 aliphatic rings. The minimum absolute atomic E-state index is 0.0910. The van der Waals surface area contributed by atoms with E-state index in [0.717, 1.165) is 25.7 Å². The summed E-state index contributed by atoms with van der Waals surface area (Å²) in [5.41, 5.74) is -0.365. The van der Waals surface area contributed by atoms with Crippen LogP contribution in [-0.4, -0.2) is 39.9 Å². The molecule has 8 nitrogen and oxygen atoms in total. The number of halogens is 1. The fourth-order valence-corrected chi connectivity index (χ4v) is 3.80. The summed E-state index contributed by atoms with van der Waals surface area (Å²) in [5, 5.41) is 16.5. The number of rotatable bonds is 4. The van der Waals surface area contributed by atoms with Gasteiger partial charge in [0.05, 0.1) is 12.6 Å².